The minimum atomic E-state index is 0.603. The topological polar surface area (TPSA) is 21.3 Å². The summed E-state index contributed by atoms with van der Waals surface area (Å²) >= 11 is 0. The predicted molar refractivity (Wildman–Crippen MR) is 77.0 cm³/mol. The molecule has 5 fully saturated rings. The lowest BCUT2D eigenvalue weighted by Crippen LogP contribution is -2.60. The van der Waals surface area contributed by atoms with Gasteiger partial charge in [0, 0.05) is 18.6 Å². The van der Waals surface area contributed by atoms with E-state index in [1.54, 1.807) is 0 Å². The van der Waals surface area contributed by atoms with Crippen molar-refractivity contribution in [3.05, 3.63) is 0 Å². The van der Waals surface area contributed by atoms with Gasteiger partial charge in [-0.15, -0.1) is 0 Å². The van der Waals surface area contributed by atoms with Crippen molar-refractivity contribution in [2.75, 3.05) is 20.3 Å². The molecule has 5 rings (SSSR count). The molecule has 1 saturated heterocycles. The zero-order valence-electron chi connectivity index (χ0n) is 12.6. The van der Waals surface area contributed by atoms with Crippen molar-refractivity contribution >= 4 is 0 Å². The number of ether oxygens (including phenoxy) is 1. The molecule has 5 aliphatic rings. The van der Waals surface area contributed by atoms with Crippen LogP contribution in [0.15, 0.2) is 0 Å². The van der Waals surface area contributed by atoms with Crippen molar-refractivity contribution in [1.82, 2.24) is 5.32 Å². The van der Waals surface area contributed by atoms with Gasteiger partial charge in [0.15, 0.2) is 0 Å². The molecule has 1 aliphatic heterocycles. The second kappa shape index (κ2) is 4.21. The van der Waals surface area contributed by atoms with E-state index in [9.17, 15) is 0 Å². The van der Waals surface area contributed by atoms with Gasteiger partial charge in [-0.05, 0) is 74.7 Å². The fourth-order valence-corrected chi connectivity index (χ4v) is 7.02. The molecule has 2 heteroatoms. The van der Waals surface area contributed by atoms with Crippen LogP contribution in [0.1, 0.15) is 51.9 Å². The highest BCUT2D eigenvalue weighted by Gasteiger charge is 2.59. The monoisotopic (exact) mass is 263 g/mol. The van der Waals surface area contributed by atoms with E-state index in [4.69, 9.17) is 4.74 Å². The maximum Gasteiger partial charge on any atom is 0.0510 e. The Hall–Kier alpha value is -0.0800. The molecular formula is C17H29NO. The summed E-state index contributed by atoms with van der Waals surface area (Å²) in [7, 11) is 2.20. The van der Waals surface area contributed by atoms with Crippen LogP contribution in [0.4, 0.5) is 0 Å². The second-order valence-corrected chi connectivity index (χ2v) is 8.52. The lowest BCUT2D eigenvalue weighted by Gasteiger charge is -2.64. The van der Waals surface area contributed by atoms with Crippen LogP contribution in [0.5, 0.6) is 0 Å². The third-order valence-corrected chi connectivity index (χ3v) is 6.81. The molecule has 0 amide bonds. The average molecular weight is 263 g/mol. The largest absolute Gasteiger partial charge is 0.381 e. The SMILES string of the molecule is CNC(C1CCOC1)C12CC3CC(CC(C)(C3)C1)C2. The second-order valence-electron chi connectivity index (χ2n) is 8.52. The number of rotatable bonds is 3. The fraction of sp³-hybridized carbons (Fsp3) is 1.00. The fourth-order valence-electron chi connectivity index (χ4n) is 7.02. The van der Waals surface area contributed by atoms with E-state index in [1.165, 1.54) is 44.9 Å². The van der Waals surface area contributed by atoms with Crippen LogP contribution >= 0.6 is 0 Å². The highest BCUT2D eigenvalue weighted by atomic mass is 16.5. The lowest BCUT2D eigenvalue weighted by atomic mass is 9.42. The Labute approximate surface area is 117 Å². The Morgan fingerprint density at radius 3 is 2.42 bits per heavy atom. The van der Waals surface area contributed by atoms with Crippen LogP contribution in [0, 0.1) is 28.6 Å². The van der Waals surface area contributed by atoms with Gasteiger partial charge in [-0.25, -0.2) is 0 Å². The van der Waals surface area contributed by atoms with Gasteiger partial charge in [-0.2, -0.15) is 0 Å². The quantitative estimate of drug-likeness (QED) is 0.844. The van der Waals surface area contributed by atoms with E-state index in [2.05, 4.69) is 19.3 Å². The summed E-state index contributed by atoms with van der Waals surface area (Å²) in [5.74, 6) is 2.83. The van der Waals surface area contributed by atoms with Crippen LogP contribution in [0.2, 0.25) is 0 Å². The van der Waals surface area contributed by atoms with E-state index in [1.807, 2.05) is 0 Å². The first kappa shape index (κ1) is 12.6. The molecule has 0 aromatic carbocycles. The van der Waals surface area contributed by atoms with Crippen molar-refractivity contribution < 1.29 is 4.74 Å². The van der Waals surface area contributed by atoms with Crippen molar-refractivity contribution in [1.29, 1.82) is 0 Å². The van der Waals surface area contributed by atoms with Gasteiger partial charge in [0.1, 0.15) is 0 Å². The number of hydrogen-bond donors (Lipinski definition) is 1. The first-order valence-corrected chi connectivity index (χ1v) is 8.38. The summed E-state index contributed by atoms with van der Waals surface area (Å²) < 4.78 is 5.69. The third kappa shape index (κ3) is 1.90. The van der Waals surface area contributed by atoms with Crippen LogP contribution in [-0.4, -0.2) is 26.3 Å². The molecule has 0 radical (unpaired) electrons. The summed E-state index contributed by atoms with van der Waals surface area (Å²) in [6.45, 7) is 4.57. The van der Waals surface area contributed by atoms with Gasteiger partial charge in [0.25, 0.3) is 0 Å². The average Bonchev–Trinajstić information content (AvgIpc) is 2.79. The smallest absolute Gasteiger partial charge is 0.0510 e. The molecule has 0 aromatic heterocycles. The van der Waals surface area contributed by atoms with Crippen molar-refractivity contribution in [3.8, 4) is 0 Å². The molecule has 2 nitrogen and oxygen atoms in total. The summed E-state index contributed by atoms with van der Waals surface area (Å²) in [6, 6.07) is 0.709. The molecule has 4 saturated carbocycles. The lowest BCUT2D eigenvalue weighted by molar-refractivity contribution is -0.125. The summed E-state index contributed by atoms with van der Waals surface area (Å²) in [5.41, 5.74) is 1.27. The van der Waals surface area contributed by atoms with E-state index in [0.29, 0.717) is 16.9 Å². The molecule has 4 bridgehead atoms. The Bertz CT molecular complexity index is 346. The minimum absolute atomic E-state index is 0.603. The summed E-state index contributed by atoms with van der Waals surface area (Å²) in [4.78, 5) is 0. The predicted octanol–water partition coefficient (Wildman–Crippen LogP) is 3.22. The molecule has 19 heavy (non-hydrogen) atoms. The van der Waals surface area contributed by atoms with Crippen LogP contribution < -0.4 is 5.32 Å². The van der Waals surface area contributed by atoms with E-state index in [-0.39, 0.29) is 0 Å². The molecule has 4 unspecified atom stereocenters. The Balaban J connectivity index is 1.64. The highest BCUT2D eigenvalue weighted by Crippen LogP contribution is 2.66. The molecule has 1 heterocycles. The minimum Gasteiger partial charge on any atom is -0.381 e. The molecule has 108 valence electrons. The van der Waals surface area contributed by atoms with E-state index >= 15 is 0 Å². The van der Waals surface area contributed by atoms with Gasteiger partial charge in [0.05, 0.1) is 6.61 Å². The normalized spacial score (nSPS) is 53.7. The van der Waals surface area contributed by atoms with Crippen molar-refractivity contribution in [3.63, 3.8) is 0 Å². The zero-order valence-corrected chi connectivity index (χ0v) is 12.6. The van der Waals surface area contributed by atoms with Crippen LogP contribution in [-0.2, 0) is 4.74 Å². The van der Waals surface area contributed by atoms with Gasteiger partial charge in [0.2, 0.25) is 0 Å². The summed E-state index contributed by atoms with van der Waals surface area (Å²) in [5, 5.41) is 3.74. The van der Waals surface area contributed by atoms with Gasteiger partial charge in [-0.1, -0.05) is 6.92 Å². The van der Waals surface area contributed by atoms with Crippen LogP contribution in [0.25, 0.3) is 0 Å². The maximum atomic E-state index is 5.69. The van der Waals surface area contributed by atoms with Gasteiger partial charge >= 0.3 is 0 Å². The number of nitrogens with one attached hydrogen (secondary N) is 1. The molecule has 4 atom stereocenters. The Kier molecular flexibility index (Phi) is 2.80. The molecule has 1 N–H and O–H groups in total. The molecule has 4 aliphatic carbocycles. The van der Waals surface area contributed by atoms with E-state index < -0.39 is 0 Å². The highest BCUT2D eigenvalue weighted by molar-refractivity contribution is 5.11. The molecular weight excluding hydrogens is 234 g/mol. The van der Waals surface area contributed by atoms with E-state index in [0.717, 1.165) is 31.0 Å². The van der Waals surface area contributed by atoms with Gasteiger partial charge in [-0.3, -0.25) is 0 Å². The van der Waals surface area contributed by atoms with Gasteiger partial charge < -0.3 is 10.1 Å². The molecule has 0 spiro atoms. The van der Waals surface area contributed by atoms with Crippen LogP contribution in [0.3, 0.4) is 0 Å². The molecule has 0 aromatic rings. The number of hydrogen-bond acceptors (Lipinski definition) is 2. The zero-order chi connectivity index (χ0) is 13.1. The van der Waals surface area contributed by atoms with Crippen molar-refractivity contribution in [2.24, 2.45) is 28.6 Å². The first-order chi connectivity index (χ1) is 9.12. The Morgan fingerprint density at radius 1 is 1.16 bits per heavy atom. The van der Waals surface area contributed by atoms with Crippen molar-refractivity contribution in [2.45, 2.75) is 57.9 Å². The Morgan fingerprint density at radius 2 is 1.89 bits per heavy atom. The maximum absolute atomic E-state index is 5.69. The standard InChI is InChI=1S/C17H29NO/c1-16-6-12-5-13(7-16)9-17(8-12,11-16)15(18-2)14-3-4-19-10-14/h12-15,18H,3-11H2,1-2H3. The third-order valence-electron chi connectivity index (χ3n) is 6.81. The first-order valence-electron chi connectivity index (χ1n) is 8.38. The summed E-state index contributed by atoms with van der Waals surface area (Å²) in [6.07, 6.45) is 10.3.